The molecule has 0 aliphatic heterocycles. The van der Waals surface area contributed by atoms with Crippen LogP contribution in [0.25, 0.3) is 0 Å². The summed E-state index contributed by atoms with van der Waals surface area (Å²) in [4.78, 5) is 13.0. The highest BCUT2D eigenvalue weighted by molar-refractivity contribution is 5.77. The number of ether oxygens (including phenoxy) is 1. The zero-order valence-electron chi connectivity index (χ0n) is 9.67. The van der Waals surface area contributed by atoms with Gasteiger partial charge in [0.05, 0.1) is 12.6 Å². The molecule has 0 rings (SSSR count). The molecule has 0 atom stereocenters. The lowest BCUT2D eigenvalue weighted by molar-refractivity contribution is -0.121. The van der Waals surface area contributed by atoms with Crippen LogP contribution in [0.15, 0.2) is 0 Å². The van der Waals surface area contributed by atoms with E-state index in [0.29, 0.717) is 19.7 Å². The van der Waals surface area contributed by atoms with E-state index in [9.17, 15) is 4.79 Å². The number of amides is 1. The molecule has 4 nitrogen and oxygen atoms in total. The van der Waals surface area contributed by atoms with Gasteiger partial charge in [-0.05, 0) is 34.4 Å². The Labute approximate surface area is 86.6 Å². The molecule has 14 heavy (non-hydrogen) atoms. The highest BCUT2D eigenvalue weighted by Crippen LogP contribution is 1.89. The van der Waals surface area contributed by atoms with Crippen LogP contribution in [-0.4, -0.2) is 50.7 Å². The van der Waals surface area contributed by atoms with Crippen molar-refractivity contribution in [2.75, 3.05) is 33.8 Å². The van der Waals surface area contributed by atoms with Gasteiger partial charge in [0, 0.05) is 13.2 Å². The summed E-state index contributed by atoms with van der Waals surface area (Å²) in [5.41, 5.74) is 0. The summed E-state index contributed by atoms with van der Waals surface area (Å²) in [6, 6.07) is 0. The molecular weight excluding hydrogens is 180 g/mol. The summed E-state index contributed by atoms with van der Waals surface area (Å²) in [5.74, 6) is 0.0690. The maximum Gasteiger partial charge on any atom is 0.234 e. The normalized spacial score (nSPS) is 11.0. The number of carbonyl (C=O) groups excluding carboxylic acids is 1. The molecule has 84 valence electrons. The number of hydrogen-bond donors (Lipinski definition) is 1. The van der Waals surface area contributed by atoms with Gasteiger partial charge in [0.25, 0.3) is 0 Å². The molecule has 0 fully saturated rings. The Balaban J connectivity index is 3.23. The third kappa shape index (κ3) is 9.48. The Bertz CT molecular complexity index is 158. The van der Waals surface area contributed by atoms with Crippen LogP contribution < -0.4 is 5.32 Å². The van der Waals surface area contributed by atoms with Gasteiger partial charge in [0.2, 0.25) is 5.91 Å². The molecule has 0 aliphatic carbocycles. The van der Waals surface area contributed by atoms with Crippen molar-refractivity contribution in [3.05, 3.63) is 0 Å². The maximum atomic E-state index is 11.2. The van der Waals surface area contributed by atoms with Gasteiger partial charge < -0.3 is 15.0 Å². The topological polar surface area (TPSA) is 41.6 Å². The molecule has 1 amide bonds. The van der Waals surface area contributed by atoms with Gasteiger partial charge >= 0.3 is 0 Å². The summed E-state index contributed by atoms with van der Waals surface area (Å²) in [7, 11) is 3.75. The second-order valence-corrected chi connectivity index (χ2v) is 3.86. The molecule has 0 saturated heterocycles. The van der Waals surface area contributed by atoms with E-state index in [2.05, 4.69) is 5.32 Å². The number of nitrogens with one attached hydrogen (secondary N) is 1. The highest BCUT2D eigenvalue weighted by Gasteiger charge is 2.01. The lowest BCUT2D eigenvalue weighted by atomic mass is 10.4. The van der Waals surface area contributed by atoms with Gasteiger partial charge in [0.1, 0.15) is 0 Å². The van der Waals surface area contributed by atoms with Gasteiger partial charge in [-0.25, -0.2) is 0 Å². The van der Waals surface area contributed by atoms with Crippen LogP contribution in [0.4, 0.5) is 0 Å². The van der Waals surface area contributed by atoms with E-state index >= 15 is 0 Å². The molecule has 0 bridgehead atoms. The summed E-state index contributed by atoms with van der Waals surface area (Å²) in [6.45, 7) is 5.86. The van der Waals surface area contributed by atoms with E-state index in [4.69, 9.17) is 4.74 Å². The van der Waals surface area contributed by atoms with E-state index in [1.54, 1.807) is 0 Å². The molecule has 0 aliphatic rings. The number of likely N-dealkylation sites (N-methyl/N-ethyl adjacent to an activating group) is 1. The molecule has 0 unspecified atom stereocenters. The first-order chi connectivity index (χ1) is 6.52. The Hall–Kier alpha value is -0.610. The van der Waals surface area contributed by atoms with Crippen molar-refractivity contribution in [1.82, 2.24) is 10.2 Å². The lowest BCUT2D eigenvalue weighted by Gasteiger charge is -2.10. The van der Waals surface area contributed by atoms with Crippen LogP contribution in [0, 0.1) is 0 Å². The van der Waals surface area contributed by atoms with Crippen LogP contribution in [0.1, 0.15) is 20.3 Å². The van der Waals surface area contributed by atoms with Crippen molar-refractivity contribution in [3.8, 4) is 0 Å². The summed E-state index contributed by atoms with van der Waals surface area (Å²) >= 11 is 0. The molecule has 1 N–H and O–H groups in total. The summed E-state index contributed by atoms with van der Waals surface area (Å²) in [5, 5.41) is 2.83. The van der Waals surface area contributed by atoms with Gasteiger partial charge in [0.15, 0.2) is 0 Å². The van der Waals surface area contributed by atoms with Crippen molar-refractivity contribution < 1.29 is 9.53 Å². The number of hydrogen-bond acceptors (Lipinski definition) is 3. The van der Waals surface area contributed by atoms with Crippen molar-refractivity contribution in [1.29, 1.82) is 0 Å². The molecule has 0 aromatic carbocycles. The smallest absolute Gasteiger partial charge is 0.234 e. The Kier molecular flexibility index (Phi) is 7.42. The van der Waals surface area contributed by atoms with Gasteiger partial charge in [-0.1, -0.05) is 0 Å². The van der Waals surface area contributed by atoms with Crippen LogP contribution in [0.3, 0.4) is 0 Å². The van der Waals surface area contributed by atoms with Crippen LogP contribution in [-0.2, 0) is 9.53 Å². The lowest BCUT2D eigenvalue weighted by Crippen LogP contribution is -2.34. The minimum Gasteiger partial charge on any atom is -0.379 e. The zero-order chi connectivity index (χ0) is 11.0. The first kappa shape index (κ1) is 13.4. The summed E-state index contributed by atoms with van der Waals surface area (Å²) < 4.78 is 5.34. The van der Waals surface area contributed by atoms with Gasteiger partial charge in [-0.3, -0.25) is 4.79 Å². The van der Waals surface area contributed by atoms with Crippen molar-refractivity contribution in [3.63, 3.8) is 0 Å². The predicted octanol–water partition coefficient (Wildman–Crippen LogP) is 0.479. The van der Waals surface area contributed by atoms with E-state index in [1.165, 1.54) is 0 Å². The largest absolute Gasteiger partial charge is 0.379 e. The molecule has 0 spiro atoms. The SMILES string of the molecule is CC(C)OCCCNC(=O)CN(C)C. The zero-order valence-corrected chi connectivity index (χ0v) is 9.67. The quantitative estimate of drug-likeness (QED) is 0.611. The fourth-order valence-corrected chi connectivity index (χ4v) is 0.962. The van der Waals surface area contributed by atoms with E-state index in [-0.39, 0.29) is 12.0 Å². The van der Waals surface area contributed by atoms with Gasteiger partial charge in [-0.15, -0.1) is 0 Å². The molecule has 0 aromatic rings. The summed E-state index contributed by atoms with van der Waals surface area (Å²) in [6.07, 6.45) is 1.14. The third-order valence-corrected chi connectivity index (χ3v) is 1.55. The molecule has 0 heterocycles. The van der Waals surface area contributed by atoms with Crippen LogP contribution in [0.5, 0.6) is 0 Å². The average Bonchev–Trinajstić information content (AvgIpc) is 2.01. The molecule has 0 aromatic heterocycles. The number of rotatable bonds is 7. The molecule has 0 radical (unpaired) electrons. The number of nitrogens with zero attached hydrogens (tertiary/aromatic N) is 1. The highest BCUT2D eigenvalue weighted by atomic mass is 16.5. The minimum atomic E-state index is 0.0690. The van der Waals surface area contributed by atoms with E-state index in [0.717, 1.165) is 6.42 Å². The molecule has 0 saturated carbocycles. The second-order valence-electron chi connectivity index (χ2n) is 3.86. The van der Waals surface area contributed by atoms with Crippen LogP contribution in [0.2, 0.25) is 0 Å². The van der Waals surface area contributed by atoms with Crippen molar-refractivity contribution in [2.24, 2.45) is 0 Å². The first-order valence-corrected chi connectivity index (χ1v) is 5.05. The Morgan fingerprint density at radius 1 is 1.43 bits per heavy atom. The minimum absolute atomic E-state index is 0.0690. The molecular formula is C10H22N2O2. The Morgan fingerprint density at radius 2 is 2.07 bits per heavy atom. The van der Waals surface area contributed by atoms with Crippen molar-refractivity contribution >= 4 is 5.91 Å². The van der Waals surface area contributed by atoms with Crippen molar-refractivity contribution in [2.45, 2.75) is 26.4 Å². The first-order valence-electron chi connectivity index (χ1n) is 5.05. The van der Waals surface area contributed by atoms with Crippen LogP contribution >= 0.6 is 0 Å². The fraction of sp³-hybridized carbons (Fsp3) is 0.900. The number of carbonyl (C=O) groups is 1. The van der Waals surface area contributed by atoms with E-state index < -0.39 is 0 Å². The van der Waals surface area contributed by atoms with E-state index in [1.807, 2.05) is 32.8 Å². The predicted molar refractivity (Wildman–Crippen MR) is 57.3 cm³/mol. The standard InChI is InChI=1S/C10H22N2O2/c1-9(2)14-7-5-6-11-10(13)8-12(3)4/h9H,5-8H2,1-4H3,(H,11,13). The third-order valence-electron chi connectivity index (χ3n) is 1.55. The monoisotopic (exact) mass is 202 g/mol. The van der Waals surface area contributed by atoms with Gasteiger partial charge in [-0.2, -0.15) is 0 Å². The Morgan fingerprint density at radius 3 is 2.57 bits per heavy atom. The maximum absolute atomic E-state index is 11.2. The molecule has 4 heteroatoms. The second kappa shape index (κ2) is 7.76. The fourth-order valence-electron chi connectivity index (χ4n) is 0.962. The average molecular weight is 202 g/mol.